The molecule has 4 fully saturated rings. The Kier molecular flexibility index (Phi) is 34.9. The molecule has 0 bridgehead atoms. The molecule has 588 valence electrons. The number of halogens is 1. The van der Waals surface area contributed by atoms with E-state index in [9.17, 15) is 33.7 Å². The van der Waals surface area contributed by atoms with Gasteiger partial charge in [-0.2, -0.15) is 0 Å². The van der Waals surface area contributed by atoms with Crippen molar-refractivity contribution in [1.29, 1.82) is 0 Å². The number of carbonyl (C=O) groups is 4. The zero-order chi connectivity index (χ0) is 78.5. The Hall–Kier alpha value is -10.3. The van der Waals surface area contributed by atoms with Gasteiger partial charge >= 0.3 is 23.9 Å². The molecule has 4 aliphatic carbocycles. The molecule has 16 nitrogen and oxygen atoms in total. The molecule has 0 atom stereocenters. The average molecular weight is 1510 g/mol. The van der Waals surface area contributed by atoms with E-state index in [0.717, 1.165) is 83.5 Å². The molecule has 8 aromatic carbocycles. The van der Waals surface area contributed by atoms with Gasteiger partial charge in [0.2, 0.25) is 0 Å². The Balaban J connectivity index is 0.000000170. The molecule has 0 amide bonds. The third-order valence-electron chi connectivity index (χ3n) is 21.6. The predicted molar refractivity (Wildman–Crippen MR) is 443 cm³/mol. The highest BCUT2D eigenvalue weighted by Crippen LogP contribution is 2.36. The lowest BCUT2D eigenvalue weighted by Crippen LogP contribution is -2.12. The second kappa shape index (κ2) is 45.7. The van der Waals surface area contributed by atoms with Crippen LogP contribution in [0.4, 0.5) is 38.5 Å². The molecular formula is C94H115FN6O10. The number of anilines is 4. The van der Waals surface area contributed by atoms with Crippen molar-refractivity contribution in [3.8, 4) is 0 Å². The Morgan fingerprint density at radius 3 is 0.892 bits per heavy atom. The Labute approximate surface area is 657 Å². The van der Waals surface area contributed by atoms with Crippen molar-refractivity contribution in [3.05, 3.63) is 270 Å². The lowest BCUT2D eigenvalue weighted by molar-refractivity contribution is -0.384. The van der Waals surface area contributed by atoms with E-state index < -0.39 is 4.92 Å². The summed E-state index contributed by atoms with van der Waals surface area (Å²) in [5.41, 5.74) is 17.6. The maximum atomic E-state index is 13.1. The zero-order valence-electron chi connectivity index (χ0n) is 66.0. The largest absolute Gasteiger partial charge is 0.462 e. The van der Waals surface area contributed by atoms with E-state index in [2.05, 4.69) is 69.4 Å². The Morgan fingerprint density at radius 1 is 0.387 bits per heavy atom. The number of nitro benzene ring substituents is 1. The van der Waals surface area contributed by atoms with Gasteiger partial charge in [-0.3, -0.25) is 10.1 Å². The number of ether oxygens (including phenoxy) is 4. The molecule has 17 heteroatoms. The monoisotopic (exact) mass is 1510 g/mol. The predicted octanol–water partition coefficient (Wildman–Crippen LogP) is 23.3. The van der Waals surface area contributed by atoms with Gasteiger partial charge in [-0.25, -0.2) is 28.4 Å². The van der Waals surface area contributed by atoms with Crippen LogP contribution in [0.2, 0.25) is 0 Å². The SMILES string of the molecule is CCOC(=O)c1ccc(CC2CCCCC2)c(NCc2ccc(C)cc2)c1.CCOC(=O)c1ccc(CC2CCCCC2)c(NCc2ccc(F)cc2)c1.CCOC(=O)c1ccc(CC2CCCCC2)c(NCc2ccc([N+](=O)[O-])cc2)c1.[C-]#[N+]c1ccc(CNc2cc(C(=O)OCC)ccc2CC2CCCCC2)cc1. The first-order chi connectivity index (χ1) is 54.1. The van der Waals surface area contributed by atoms with Gasteiger partial charge < -0.3 is 40.2 Å². The minimum atomic E-state index is -0.400. The smallest absolute Gasteiger partial charge is 0.338 e. The third kappa shape index (κ3) is 28.2. The number of aryl methyl sites for hydroxylation is 1. The number of esters is 4. The first kappa shape index (κ1) is 84.7. The normalized spacial score (nSPS) is 14.5. The van der Waals surface area contributed by atoms with E-state index in [1.807, 2.05) is 106 Å². The summed E-state index contributed by atoms with van der Waals surface area (Å²) in [5.74, 6) is 1.47. The Morgan fingerprint density at radius 2 is 0.640 bits per heavy atom. The number of hydrogen-bond donors (Lipinski definition) is 4. The van der Waals surface area contributed by atoms with E-state index in [1.54, 1.807) is 31.2 Å². The molecule has 0 aliphatic heterocycles. The minimum absolute atomic E-state index is 0.0797. The van der Waals surface area contributed by atoms with Crippen LogP contribution in [-0.2, 0) is 70.8 Å². The fourth-order valence-corrected chi connectivity index (χ4v) is 15.4. The molecular weight excluding hydrogens is 1390 g/mol. The van der Waals surface area contributed by atoms with E-state index in [-0.39, 0.29) is 35.4 Å². The molecule has 0 aromatic heterocycles. The van der Waals surface area contributed by atoms with E-state index in [0.29, 0.717) is 85.8 Å². The molecule has 12 rings (SSSR count). The van der Waals surface area contributed by atoms with Crippen molar-refractivity contribution in [1.82, 2.24) is 0 Å². The van der Waals surface area contributed by atoms with Crippen molar-refractivity contribution in [3.63, 3.8) is 0 Å². The van der Waals surface area contributed by atoms with Crippen LogP contribution in [-0.4, -0.2) is 55.2 Å². The standard InChI is InChI=1S/C24H28N2O2.C24H31NO2.C23H28FNO2.C23H28N2O4/c1-3-28-24(27)21-12-11-20(15-18-7-5-4-6-8-18)23(16-21)26-17-19-9-13-22(25-2)14-10-19;1-3-27-24(26)22-14-13-21(15-19-7-5-4-6-8-19)23(16-22)25-17-20-11-9-18(2)10-12-20;1-2-27-23(26)20-11-10-19(14-17-6-4-3-5-7-17)22(15-20)25-16-18-8-12-21(24)13-9-18;1-2-29-23(26)20-11-10-19(14-17-6-4-3-5-7-17)22(15-20)24-16-18-8-12-21(13-9-18)25(27)28/h9-14,16,18,26H,3-8,15,17H2,1H3;9-14,16,19,25H,3-8,15,17H2,1-2H3;8-13,15,17,25H,2-7,14,16H2,1H3;8-13,15,17,24H,2-7,14,16H2,1H3. The molecule has 4 saturated carbocycles. The molecule has 0 radical (unpaired) electrons. The number of nitrogens with zero attached hydrogens (tertiary/aromatic N) is 2. The lowest BCUT2D eigenvalue weighted by Gasteiger charge is -2.23. The first-order valence-corrected chi connectivity index (χ1v) is 40.7. The summed E-state index contributed by atoms with van der Waals surface area (Å²) in [5, 5.41) is 24.8. The number of non-ortho nitro benzene ring substituents is 1. The number of nitro groups is 1. The van der Waals surface area contributed by atoms with Crippen LogP contribution in [0.15, 0.2) is 170 Å². The number of carbonyl (C=O) groups excluding carboxylic acids is 4. The summed E-state index contributed by atoms with van der Waals surface area (Å²) >= 11 is 0. The molecule has 4 N–H and O–H groups in total. The van der Waals surface area contributed by atoms with Gasteiger partial charge in [0, 0.05) is 61.1 Å². The summed E-state index contributed by atoms with van der Waals surface area (Å²) in [4.78, 5) is 62.5. The summed E-state index contributed by atoms with van der Waals surface area (Å²) in [6.07, 6.45) is 30.3. The molecule has 8 aromatic rings. The second-order valence-electron chi connectivity index (χ2n) is 29.9. The van der Waals surface area contributed by atoms with Gasteiger partial charge in [0.15, 0.2) is 5.69 Å². The molecule has 0 spiro atoms. The maximum Gasteiger partial charge on any atom is 0.338 e. The summed E-state index contributed by atoms with van der Waals surface area (Å²) in [6, 6.07) is 52.6. The van der Waals surface area contributed by atoms with E-state index in [1.165, 1.54) is 186 Å². The van der Waals surface area contributed by atoms with Gasteiger partial charge in [-0.15, -0.1) is 0 Å². The summed E-state index contributed by atoms with van der Waals surface area (Å²) in [6.45, 7) is 20.4. The summed E-state index contributed by atoms with van der Waals surface area (Å²) in [7, 11) is 0. The number of nitrogens with one attached hydrogen (secondary N) is 4. The highest BCUT2D eigenvalue weighted by Gasteiger charge is 2.23. The van der Waals surface area contributed by atoms with Crippen molar-refractivity contribution < 1.29 is 47.4 Å². The topological polar surface area (TPSA) is 201 Å². The van der Waals surface area contributed by atoms with Crippen LogP contribution >= 0.6 is 0 Å². The number of hydrogen-bond acceptors (Lipinski definition) is 14. The Bertz CT molecular complexity index is 4140. The van der Waals surface area contributed by atoms with Crippen molar-refractivity contribution in [2.75, 3.05) is 47.7 Å². The number of benzene rings is 8. The first-order valence-electron chi connectivity index (χ1n) is 40.7. The van der Waals surface area contributed by atoms with Crippen LogP contribution < -0.4 is 21.3 Å². The minimum Gasteiger partial charge on any atom is -0.462 e. The lowest BCUT2D eigenvalue weighted by atomic mass is 9.84. The highest BCUT2D eigenvalue weighted by molar-refractivity contribution is 5.93. The van der Waals surface area contributed by atoms with Crippen molar-refractivity contribution in [2.45, 2.75) is 215 Å². The van der Waals surface area contributed by atoms with Gasteiger partial charge in [-0.05, 0) is 189 Å². The summed E-state index contributed by atoms with van der Waals surface area (Å²) < 4.78 is 33.7. The zero-order valence-corrected chi connectivity index (χ0v) is 66.0. The van der Waals surface area contributed by atoms with Crippen LogP contribution in [0.3, 0.4) is 0 Å². The molecule has 0 heterocycles. The molecule has 4 aliphatic rings. The number of rotatable bonds is 29. The fraction of sp³-hybridized carbons (Fsp3) is 0.436. The van der Waals surface area contributed by atoms with E-state index >= 15 is 0 Å². The second-order valence-corrected chi connectivity index (χ2v) is 29.9. The maximum absolute atomic E-state index is 13.1. The van der Waals surface area contributed by atoms with E-state index in [4.69, 9.17) is 25.5 Å². The molecule has 111 heavy (non-hydrogen) atoms. The molecule has 0 saturated heterocycles. The van der Waals surface area contributed by atoms with Gasteiger partial charge in [0.25, 0.3) is 5.69 Å². The molecule has 0 unspecified atom stereocenters. The van der Waals surface area contributed by atoms with Crippen LogP contribution in [0.25, 0.3) is 4.85 Å². The van der Waals surface area contributed by atoms with Crippen molar-refractivity contribution in [2.24, 2.45) is 23.7 Å². The van der Waals surface area contributed by atoms with Crippen LogP contribution in [0, 0.1) is 53.1 Å². The van der Waals surface area contributed by atoms with Crippen molar-refractivity contribution >= 4 is 58.0 Å². The fourth-order valence-electron chi connectivity index (χ4n) is 15.4. The van der Waals surface area contributed by atoms with Crippen LogP contribution in [0.1, 0.15) is 248 Å². The van der Waals surface area contributed by atoms with Gasteiger partial charge in [0.05, 0.1) is 60.2 Å². The van der Waals surface area contributed by atoms with Crippen LogP contribution in [0.5, 0.6) is 0 Å². The third-order valence-corrected chi connectivity index (χ3v) is 21.6. The highest BCUT2D eigenvalue weighted by atomic mass is 19.1. The van der Waals surface area contributed by atoms with Gasteiger partial charge in [-0.1, -0.05) is 231 Å². The average Bonchev–Trinajstić information content (AvgIpc) is 0.848. The quantitative estimate of drug-likeness (QED) is 0.0113. The van der Waals surface area contributed by atoms with Gasteiger partial charge in [0.1, 0.15) is 5.82 Å².